The number of amides is 1. The summed E-state index contributed by atoms with van der Waals surface area (Å²) in [6, 6.07) is 0. The van der Waals surface area contributed by atoms with Crippen LogP contribution < -0.4 is 5.32 Å². The lowest BCUT2D eigenvalue weighted by molar-refractivity contribution is 0.0285. The molecule has 1 saturated heterocycles. The fourth-order valence-corrected chi connectivity index (χ4v) is 2.32. The van der Waals surface area contributed by atoms with E-state index in [9.17, 15) is 4.79 Å². The summed E-state index contributed by atoms with van der Waals surface area (Å²) in [5.41, 5.74) is -0.270. The number of ether oxygens (including phenoxy) is 1. The molecular formula is C14H28N2O2. The Hall–Kier alpha value is -0.770. The third-order valence-corrected chi connectivity index (χ3v) is 3.41. The number of hydrogen-bond donors (Lipinski definition) is 1. The first-order valence-corrected chi connectivity index (χ1v) is 6.80. The van der Waals surface area contributed by atoms with Crippen LogP contribution in [-0.4, -0.2) is 42.3 Å². The highest BCUT2D eigenvalue weighted by Crippen LogP contribution is 2.26. The van der Waals surface area contributed by atoms with Gasteiger partial charge in [-0.3, -0.25) is 0 Å². The number of nitrogens with zero attached hydrogens (tertiary/aromatic N) is 1. The summed E-state index contributed by atoms with van der Waals surface area (Å²) in [5.74, 6) is 0.569. The smallest absolute Gasteiger partial charge is 0.410 e. The quantitative estimate of drug-likeness (QED) is 0.844. The van der Waals surface area contributed by atoms with Crippen LogP contribution in [-0.2, 0) is 4.74 Å². The maximum Gasteiger partial charge on any atom is 0.410 e. The van der Waals surface area contributed by atoms with E-state index in [1.54, 1.807) is 0 Å². The van der Waals surface area contributed by atoms with Crippen molar-refractivity contribution in [3.05, 3.63) is 0 Å². The van der Waals surface area contributed by atoms with Gasteiger partial charge in [-0.1, -0.05) is 0 Å². The van der Waals surface area contributed by atoms with Gasteiger partial charge >= 0.3 is 6.09 Å². The molecule has 0 spiro atoms. The van der Waals surface area contributed by atoms with Gasteiger partial charge in [-0.15, -0.1) is 0 Å². The number of rotatable bonds is 3. The highest BCUT2D eigenvalue weighted by atomic mass is 16.6. The lowest BCUT2D eigenvalue weighted by Gasteiger charge is -2.28. The predicted molar refractivity (Wildman–Crippen MR) is 73.7 cm³/mol. The van der Waals surface area contributed by atoms with Crippen molar-refractivity contribution in [1.82, 2.24) is 10.2 Å². The Morgan fingerprint density at radius 3 is 2.44 bits per heavy atom. The summed E-state index contributed by atoms with van der Waals surface area (Å²) in [6.45, 7) is 11.7. The van der Waals surface area contributed by atoms with Crippen LogP contribution in [0.4, 0.5) is 4.79 Å². The molecule has 0 aliphatic carbocycles. The third-order valence-electron chi connectivity index (χ3n) is 3.41. The normalized spacial score (nSPS) is 21.2. The summed E-state index contributed by atoms with van der Waals surface area (Å²) in [4.78, 5) is 13.8. The number of carbonyl (C=O) groups is 1. The fraction of sp³-hybridized carbons (Fsp3) is 0.929. The SMILES string of the molecule is CNC(C)(C)CC1CCN(C(=O)OC(C)(C)C)C1. The predicted octanol–water partition coefficient (Wildman–Crippen LogP) is 2.63. The molecule has 18 heavy (non-hydrogen) atoms. The topological polar surface area (TPSA) is 41.6 Å². The molecule has 4 heteroatoms. The van der Waals surface area contributed by atoms with E-state index in [0.29, 0.717) is 5.92 Å². The number of hydrogen-bond acceptors (Lipinski definition) is 3. The summed E-state index contributed by atoms with van der Waals surface area (Å²) in [6.07, 6.45) is 1.99. The van der Waals surface area contributed by atoms with Gasteiger partial charge in [0, 0.05) is 18.6 Å². The highest BCUT2D eigenvalue weighted by Gasteiger charge is 2.32. The molecule has 1 fully saturated rings. The van der Waals surface area contributed by atoms with E-state index in [0.717, 1.165) is 25.9 Å². The minimum absolute atomic E-state index is 0.134. The highest BCUT2D eigenvalue weighted by molar-refractivity contribution is 5.68. The Morgan fingerprint density at radius 2 is 1.94 bits per heavy atom. The van der Waals surface area contributed by atoms with Crippen molar-refractivity contribution < 1.29 is 9.53 Å². The second-order valence-electron chi connectivity index (χ2n) is 6.92. The van der Waals surface area contributed by atoms with E-state index in [1.165, 1.54) is 0 Å². The van der Waals surface area contributed by atoms with Gasteiger partial charge in [-0.05, 0) is 60.4 Å². The van der Waals surface area contributed by atoms with E-state index in [1.807, 2.05) is 32.7 Å². The Bertz CT molecular complexity index is 295. The molecule has 0 aromatic heterocycles. The summed E-state index contributed by atoms with van der Waals surface area (Å²) in [7, 11) is 1.99. The molecule has 0 saturated carbocycles. The lowest BCUT2D eigenvalue weighted by Crippen LogP contribution is -2.39. The molecule has 0 aromatic carbocycles. The molecular weight excluding hydrogens is 228 g/mol. The molecule has 106 valence electrons. The minimum Gasteiger partial charge on any atom is -0.444 e. The van der Waals surface area contributed by atoms with E-state index in [-0.39, 0.29) is 11.6 Å². The van der Waals surface area contributed by atoms with Crippen LogP contribution in [0.2, 0.25) is 0 Å². The molecule has 0 radical (unpaired) electrons. The summed E-state index contributed by atoms with van der Waals surface area (Å²) >= 11 is 0. The maximum atomic E-state index is 11.9. The molecule has 1 aliphatic rings. The van der Waals surface area contributed by atoms with Gasteiger partial charge in [0.15, 0.2) is 0 Å². The van der Waals surface area contributed by atoms with E-state index in [4.69, 9.17) is 4.74 Å². The molecule has 0 aromatic rings. The molecule has 1 atom stereocenters. The number of nitrogens with one attached hydrogen (secondary N) is 1. The molecule has 1 heterocycles. The molecule has 1 N–H and O–H groups in total. The van der Waals surface area contributed by atoms with Crippen molar-refractivity contribution in [2.45, 2.75) is 58.6 Å². The zero-order valence-corrected chi connectivity index (χ0v) is 12.7. The van der Waals surface area contributed by atoms with E-state index >= 15 is 0 Å². The first-order chi connectivity index (χ1) is 8.13. The second-order valence-corrected chi connectivity index (χ2v) is 6.92. The summed E-state index contributed by atoms with van der Waals surface area (Å²) < 4.78 is 5.40. The Labute approximate surface area is 111 Å². The van der Waals surface area contributed by atoms with Gasteiger partial charge < -0.3 is 15.0 Å². The zero-order chi connectivity index (χ0) is 14.0. The molecule has 0 bridgehead atoms. The van der Waals surface area contributed by atoms with Crippen LogP contribution in [0.25, 0.3) is 0 Å². The van der Waals surface area contributed by atoms with Crippen molar-refractivity contribution >= 4 is 6.09 Å². The first kappa shape index (κ1) is 15.3. The Kier molecular flexibility index (Phi) is 4.65. The van der Waals surface area contributed by atoms with Gasteiger partial charge in [0.1, 0.15) is 5.60 Å². The van der Waals surface area contributed by atoms with Crippen molar-refractivity contribution in [1.29, 1.82) is 0 Å². The second kappa shape index (κ2) is 5.47. The maximum absolute atomic E-state index is 11.9. The molecule has 4 nitrogen and oxygen atoms in total. The molecule has 1 amide bonds. The Balaban J connectivity index is 2.44. The van der Waals surface area contributed by atoms with E-state index in [2.05, 4.69) is 19.2 Å². The first-order valence-electron chi connectivity index (χ1n) is 6.80. The van der Waals surface area contributed by atoms with Crippen LogP contribution in [0.1, 0.15) is 47.5 Å². The molecule has 1 rings (SSSR count). The van der Waals surface area contributed by atoms with Gasteiger partial charge in [0.05, 0.1) is 0 Å². The third kappa shape index (κ3) is 4.84. The monoisotopic (exact) mass is 256 g/mol. The lowest BCUT2D eigenvalue weighted by atomic mass is 9.90. The standard InChI is InChI=1S/C14H28N2O2/c1-13(2,3)18-12(17)16-8-7-11(10-16)9-14(4,5)15-6/h11,15H,7-10H2,1-6H3. The van der Waals surface area contributed by atoms with Crippen LogP contribution in [0.15, 0.2) is 0 Å². The summed E-state index contributed by atoms with van der Waals surface area (Å²) in [5, 5.41) is 3.32. The van der Waals surface area contributed by atoms with Crippen molar-refractivity contribution in [3.63, 3.8) is 0 Å². The fourth-order valence-electron chi connectivity index (χ4n) is 2.32. The number of likely N-dealkylation sites (tertiary alicyclic amines) is 1. The van der Waals surface area contributed by atoms with Gasteiger partial charge in [0.25, 0.3) is 0 Å². The average molecular weight is 256 g/mol. The van der Waals surface area contributed by atoms with Crippen molar-refractivity contribution in [2.24, 2.45) is 5.92 Å². The number of carbonyl (C=O) groups excluding carboxylic acids is 1. The Morgan fingerprint density at radius 1 is 1.33 bits per heavy atom. The molecule has 1 unspecified atom stereocenters. The van der Waals surface area contributed by atoms with Crippen molar-refractivity contribution in [2.75, 3.05) is 20.1 Å². The zero-order valence-electron chi connectivity index (χ0n) is 12.7. The van der Waals surface area contributed by atoms with Gasteiger partial charge in [-0.2, -0.15) is 0 Å². The average Bonchev–Trinajstić information content (AvgIpc) is 2.63. The van der Waals surface area contributed by atoms with Crippen molar-refractivity contribution in [3.8, 4) is 0 Å². The largest absolute Gasteiger partial charge is 0.444 e. The van der Waals surface area contributed by atoms with E-state index < -0.39 is 5.60 Å². The van der Waals surface area contributed by atoms with Crippen LogP contribution in [0, 0.1) is 5.92 Å². The van der Waals surface area contributed by atoms with Gasteiger partial charge in [0.2, 0.25) is 0 Å². The van der Waals surface area contributed by atoms with Crippen LogP contribution >= 0.6 is 0 Å². The molecule has 1 aliphatic heterocycles. The van der Waals surface area contributed by atoms with Crippen LogP contribution in [0.5, 0.6) is 0 Å². The van der Waals surface area contributed by atoms with Crippen LogP contribution in [0.3, 0.4) is 0 Å². The minimum atomic E-state index is -0.403. The van der Waals surface area contributed by atoms with Gasteiger partial charge in [-0.25, -0.2) is 4.79 Å².